The third kappa shape index (κ3) is 2.67. The molecule has 3 aromatic rings. The zero-order chi connectivity index (χ0) is 14.8. The highest BCUT2D eigenvalue weighted by atomic mass is 16.5. The van der Waals surface area contributed by atoms with Crippen LogP contribution in [0.3, 0.4) is 0 Å². The van der Waals surface area contributed by atoms with Crippen molar-refractivity contribution in [2.24, 2.45) is 0 Å². The summed E-state index contributed by atoms with van der Waals surface area (Å²) < 4.78 is 12.6. The van der Waals surface area contributed by atoms with Gasteiger partial charge in [0.25, 0.3) is 0 Å². The highest BCUT2D eigenvalue weighted by Crippen LogP contribution is 2.22. The van der Waals surface area contributed by atoms with Crippen LogP contribution in [0.2, 0.25) is 0 Å². The molecule has 1 aliphatic rings. The van der Waals surface area contributed by atoms with Crippen LogP contribution >= 0.6 is 0 Å². The molecule has 0 amide bonds. The Morgan fingerprint density at radius 1 is 1.32 bits per heavy atom. The lowest BCUT2D eigenvalue weighted by molar-refractivity contribution is 0.192. The number of hydrogen-bond acceptors (Lipinski definition) is 6. The molecule has 0 spiro atoms. The maximum Gasteiger partial charge on any atom is 0.241 e. The number of likely N-dealkylation sites (tertiary alicyclic amines) is 1. The van der Waals surface area contributed by atoms with Gasteiger partial charge in [-0.2, -0.15) is 10.1 Å². The molecule has 1 atom stereocenters. The van der Waals surface area contributed by atoms with Crippen LogP contribution in [0.1, 0.15) is 18.7 Å². The predicted octanol–water partition coefficient (Wildman–Crippen LogP) is 2.19. The van der Waals surface area contributed by atoms with Crippen molar-refractivity contribution >= 4 is 0 Å². The first kappa shape index (κ1) is 13.3. The van der Waals surface area contributed by atoms with E-state index in [9.17, 15) is 0 Å². The Bertz CT molecular complexity index is 704. The van der Waals surface area contributed by atoms with Crippen LogP contribution in [0.25, 0.3) is 11.6 Å². The number of furan rings is 1. The van der Waals surface area contributed by atoms with E-state index in [1.54, 1.807) is 6.26 Å². The third-order valence-corrected chi connectivity index (χ3v) is 4.00. The van der Waals surface area contributed by atoms with Crippen molar-refractivity contribution in [3.05, 3.63) is 42.7 Å². The van der Waals surface area contributed by atoms with E-state index in [-0.39, 0.29) is 0 Å². The molecule has 0 bridgehead atoms. The van der Waals surface area contributed by atoms with Gasteiger partial charge in [-0.3, -0.25) is 9.58 Å². The van der Waals surface area contributed by atoms with Gasteiger partial charge in [0.2, 0.25) is 11.7 Å². The molecule has 22 heavy (non-hydrogen) atoms. The largest absolute Gasteiger partial charge is 0.461 e. The Labute approximate surface area is 127 Å². The summed E-state index contributed by atoms with van der Waals surface area (Å²) in [6, 6.07) is 6.04. The molecular weight excluding hydrogens is 282 g/mol. The van der Waals surface area contributed by atoms with E-state index >= 15 is 0 Å². The summed E-state index contributed by atoms with van der Waals surface area (Å²) in [5.41, 5.74) is 0. The second-order valence-corrected chi connectivity index (χ2v) is 5.48. The minimum atomic E-state index is 0.457. The zero-order valence-electron chi connectivity index (χ0n) is 12.1. The third-order valence-electron chi connectivity index (χ3n) is 4.00. The molecule has 1 fully saturated rings. The van der Waals surface area contributed by atoms with Crippen molar-refractivity contribution in [3.8, 4) is 11.6 Å². The van der Waals surface area contributed by atoms with Gasteiger partial charge in [-0.1, -0.05) is 5.16 Å². The molecule has 114 valence electrons. The Balaban J connectivity index is 1.44. The fourth-order valence-corrected chi connectivity index (χ4v) is 2.93. The predicted molar refractivity (Wildman–Crippen MR) is 77.7 cm³/mol. The quantitative estimate of drug-likeness (QED) is 0.719. The summed E-state index contributed by atoms with van der Waals surface area (Å²) in [5, 5.41) is 8.26. The normalized spacial score (nSPS) is 19.0. The van der Waals surface area contributed by atoms with Crippen LogP contribution in [0.5, 0.6) is 0 Å². The summed E-state index contributed by atoms with van der Waals surface area (Å²) in [5.74, 6) is 1.76. The number of hydrogen-bond donors (Lipinski definition) is 0. The molecule has 0 radical (unpaired) electrons. The van der Waals surface area contributed by atoms with Crippen molar-refractivity contribution in [2.75, 3.05) is 6.54 Å². The average molecular weight is 299 g/mol. The van der Waals surface area contributed by atoms with Crippen molar-refractivity contribution in [1.29, 1.82) is 0 Å². The van der Waals surface area contributed by atoms with E-state index in [2.05, 4.69) is 20.1 Å². The number of rotatable bonds is 5. The molecule has 0 aromatic carbocycles. The van der Waals surface area contributed by atoms with Crippen LogP contribution in [-0.4, -0.2) is 37.4 Å². The molecule has 4 rings (SSSR count). The molecule has 0 N–H and O–H groups in total. The highest BCUT2D eigenvalue weighted by Gasteiger charge is 2.26. The minimum absolute atomic E-state index is 0.457. The van der Waals surface area contributed by atoms with Gasteiger partial charge in [0.05, 0.1) is 19.4 Å². The average Bonchev–Trinajstić information content (AvgIpc) is 3.28. The molecule has 0 unspecified atom stereocenters. The van der Waals surface area contributed by atoms with E-state index in [0.29, 0.717) is 30.1 Å². The van der Waals surface area contributed by atoms with E-state index in [1.807, 2.05) is 35.3 Å². The zero-order valence-corrected chi connectivity index (χ0v) is 12.1. The molecule has 3 aromatic heterocycles. The molecule has 7 heteroatoms. The summed E-state index contributed by atoms with van der Waals surface area (Å²) in [6.07, 6.45) is 7.77. The first-order valence-corrected chi connectivity index (χ1v) is 7.46. The van der Waals surface area contributed by atoms with Gasteiger partial charge in [0.15, 0.2) is 5.76 Å². The lowest BCUT2D eigenvalue weighted by Gasteiger charge is -2.22. The van der Waals surface area contributed by atoms with E-state index in [0.717, 1.165) is 13.1 Å². The second kappa shape index (κ2) is 5.76. The fourth-order valence-electron chi connectivity index (χ4n) is 2.93. The molecule has 0 aliphatic carbocycles. The van der Waals surface area contributed by atoms with Gasteiger partial charge in [-0.25, -0.2) is 0 Å². The van der Waals surface area contributed by atoms with Crippen LogP contribution < -0.4 is 0 Å². The first-order chi connectivity index (χ1) is 10.9. The van der Waals surface area contributed by atoms with Gasteiger partial charge >= 0.3 is 0 Å². The SMILES string of the molecule is c1coc(-c2noc(CN3CCC[C@@H]3Cn3cccn3)n2)c1. The van der Waals surface area contributed by atoms with Crippen LogP contribution in [-0.2, 0) is 13.1 Å². The minimum Gasteiger partial charge on any atom is -0.461 e. The lowest BCUT2D eigenvalue weighted by atomic mass is 10.2. The summed E-state index contributed by atoms with van der Waals surface area (Å²) in [6.45, 7) is 2.61. The van der Waals surface area contributed by atoms with Crippen LogP contribution in [0.15, 0.2) is 45.8 Å². The van der Waals surface area contributed by atoms with Crippen molar-refractivity contribution in [3.63, 3.8) is 0 Å². The van der Waals surface area contributed by atoms with Gasteiger partial charge in [0.1, 0.15) is 0 Å². The van der Waals surface area contributed by atoms with Crippen molar-refractivity contribution in [2.45, 2.75) is 32.0 Å². The first-order valence-electron chi connectivity index (χ1n) is 7.46. The molecule has 1 aliphatic heterocycles. The van der Waals surface area contributed by atoms with E-state index < -0.39 is 0 Å². The van der Waals surface area contributed by atoms with Crippen molar-refractivity contribution < 1.29 is 8.94 Å². The topological polar surface area (TPSA) is 73.1 Å². The summed E-state index contributed by atoms with van der Waals surface area (Å²) >= 11 is 0. The van der Waals surface area contributed by atoms with Gasteiger partial charge in [0, 0.05) is 18.4 Å². The van der Waals surface area contributed by atoms with E-state index in [1.165, 1.54) is 12.8 Å². The Kier molecular flexibility index (Phi) is 3.48. The Morgan fingerprint density at radius 2 is 2.32 bits per heavy atom. The highest BCUT2D eigenvalue weighted by molar-refractivity contribution is 5.44. The Hall–Kier alpha value is -2.41. The smallest absolute Gasteiger partial charge is 0.241 e. The maximum atomic E-state index is 5.35. The monoisotopic (exact) mass is 299 g/mol. The van der Waals surface area contributed by atoms with Crippen LogP contribution in [0.4, 0.5) is 0 Å². The molecule has 7 nitrogen and oxygen atoms in total. The number of nitrogens with zero attached hydrogens (tertiary/aromatic N) is 5. The number of aromatic nitrogens is 4. The Morgan fingerprint density at radius 3 is 3.14 bits per heavy atom. The standard InChI is InChI=1S/C15H17N5O2/c1-4-12(10-20-8-3-6-16-20)19(7-1)11-14-17-15(18-22-14)13-5-2-9-21-13/h2-3,5-6,8-9,12H,1,4,7,10-11H2/t12-/m1/s1. The molecule has 0 saturated carbocycles. The van der Waals surface area contributed by atoms with Crippen LogP contribution in [0, 0.1) is 0 Å². The van der Waals surface area contributed by atoms with E-state index in [4.69, 9.17) is 8.94 Å². The molecule has 1 saturated heterocycles. The molecular formula is C15H17N5O2. The summed E-state index contributed by atoms with van der Waals surface area (Å²) in [7, 11) is 0. The second-order valence-electron chi connectivity index (χ2n) is 5.48. The lowest BCUT2D eigenvalue weighted by Crippen LogP contribution is -2.32. The van der Waals surface area contributed by atoms with Gasteiger partial charge in [-0.05, 0) is 37.6 Å². The fraction of sp³-hybridized carbons (Fsp3) is 0.400. The van der Waals surface area contributed by atoms with Gasteiger partial charge in [-0.15, -0.1) is 0 Å². The summed E-state index contributed by atoms with van der Waals surface area (Å²) in [4.78, 5) is 6.79. The van der Waals surface area contributed by atoms with Gasteiger partial charge < -0.3 is 8.94 Å². The maximum absolute atomic E-state index is 5.35. The molecule has 4 heterocycles. The van der Waals surface area contributed by atoms with Crippen molar-refractivity contribution in [1.82, 2.24) is 24.8 Å².